The highest BCUT2D eigenvalue weighted by molar-refractivity contribution is 6.00. The highest BCUT2D eigenvalue weighted by Gasteiger charge is 2.20. The monoisotopic (exact) mass is 1300 g/mol. The van der Waals surface area contributed by atoms with Crippen LogP contribution < -0.4 is 61.5 Å². The number of ether oxygens (including phenoxy) is 4. The van der Waals surface area contributed by atoms with Crippen LogP contribution in [0.2, 0.25) is 0 Å². The van der Waals surface area contributed by atoms with Crippen molar-refractivity contribution < 1.29 is 38.1 Å². The summed E-state index contributed by atoms with van der Waals surface area (Å²) in [5.41, 5.74) is 13.3. The molecule has 2 aliphatic rings. The minimum absolute atomic E-state index is 0.172. The van der Waals surface area contributed by atoms with Crippen molar-refractivity contribution in [3.05, 3.63) is 144 Å². The van der Waals surface area contributed by atoms with Gasteiger partial charge in [-0.15, -0.1) is 0 Å². The normalized spacial score (nSPS) is 11.4. The van der Waals surface area contributed by atoms with Crippen molar-refractivity contribution in [3.63, 3.8) is 0 Å². The number of benzene rings is 4. The highest BCUT2D eigenvalue weighted by Crippen LogP contribution is 2.40. The SMILES string of the molecule is CCCCNC(=O)NCCCOc1ccc(-c2c3nc(c(-c4ccc(OCCCNC(=O)NCCCC)cc4)c4ccc([nH]4)c(-c4ccc(OCCCNC(=O)NCCCC)cc4)c4nc(c(-c5ccc(OCCCNC(=O)NCCCC)cc5)c5ccc2[nH]5)C=C4)C=C3)cc1. The molecule has 7 aromatic rings. The molecular formula is C76H94N12O8. The molecule has 0 unspecified atom stereocenters. The van der Waals surface area contributed by atoms with E-state index in [2.05, 4.69) is 177 Å². The molecule has 96 heavy (non-hydrogen) atoms. The van der Waals surface area contributed by atoms with Crippen molar-refractivity contribution >= 4 is 70.5 Å². The van der Waals surface area contributed by atoms with Gasteiger partial charge in [0.15, 0.2) is 0 Å². The summed E-state index contributed by atoms with van der Waals surface area (Å²) in [5, 5.41) is 23.2. The third kappa shape index (κ3) is 20.9. The Labute approximate surface area is 563 Å². The lowest BCUT2D eigenvalue weighted by Crippen LogP contribution is -2.36. The Bertz CT molecular complexity index is 3390. The number of unbranched alkanes of at least 4 members (excludes halogenated alkanes) is 4. The molecule has 10 N–H and O–H groups in total. The van der Waals surface area contributed by atoms with Gasteiger partial charge in [0.05, 0.1) is 49.2 Å². The summed E-state index contributed by atoms with van der Waals surface area (Å²) in [6.45, 7) is 14.6. The van der Waals surface area contributed by atoms with Crippen LogP contribution in [0.1, 0.15) is 128 Å². The maximum absolute atomic E-state index is 12.3. The molecule has 0 aliphatic carbocycles. The predicted molar refractivity (Wildman–Crippen MR) is 386 cm³/mol. The van der Waals surface area contributed by atoms with Crippen molar-refractivity contribution in [3.8, 4) is 67.5 Å². The highest BCUT2D eigenvalue weighted by atomic mass is 16.5. The van der Waals surface area contributed by atoms with Crippen LogP contribution in [0, 0.1) is 0 Å². The molecule has 0 fully saturated rings. The third-order valence-electron chi connectivity index (χ3n) is 16.1. The molecular weight excluding hydrogens is 1210 g/mol. The molecule has 0 spiro atoms. The van der Waals surface area contributed by atoms with E-state index >= 15 is 0 Å². The van der Waals surface area contributed by atoms with Gasteiger partial charge in [-0.1, -0.05) is 102 Å². The van der Waals surface area contributed by atoms with E-state index in [0.29, 0.717) is 127 Å². The van der Waals surface area contributed by atoms with Crippen molar-refractivity contribution in [2.75, 3.05) is 78.8 Å². The van der Waals surface area contributed by atoms with Gasteiger partial charge in [0.1, 0.15) is 23.0 Å². The van der Waals surface area contributed by atoms with E-state index in [-0.39, 0.29) is 24.1 Å². The molecule has 0 saturated heterocycles. The van der Waals surface area contributed by atoms with E-state index in [9.17, 15) is 19.2 Å². The molecule has 0 atom stereocenters. The third-order valence-corrected chi connectivity index (χ3v) is 16.1. The Morgan fingerprint density at radius 2 is 0.490 bits per heavy atom. The largest absolute Gasteiger partial charge is 0.494 e. The number of nitrogens with one attached hydrogen (secondary N) is 10. The summed E-state index contributed by atoms with van der Waals surface area (Å²) < 4.78 is 24.9. The number of hydrogen-bond donors (Lipinski definition) is 10. The first-order chi connectivity index (χ1) is 47.1. The zero-order valence-corrected chi connectivity index (χ0v) is 56.0. The second-order valence-corrected chi connectivity index (χ2v) is 23.6. The first kappa shape index (κ1) is 70.1. The molecule has 5 heterocycles. The molecule has 4 aromatic carbocycles. The summed E-state index contributed by atoms with van der Waals surface area (Å²) in [6.07, 6.45) is 18.6. The number of nitrogens with zero attached hydrogens (tertiary/aromatic N) is 2. The van der Waals surface area contributed by atoms with Crippen LogP contribution in [-0.2, 0) is 0 Å². The average Bonchev–Trinajstić information content (AvgIpc) is 1.61. The molecule has 506 valence electrons. The Morgan fingerprint density at radius 3 is 0.688 bits per heavy atom. The maximum Gasteiger partial charge on any atom is 0.314 e. The summed E-state index contributed by atoms with van der Waals surface area (Å²) in [5.74, 6) is 2.79. The second-order valence-electron chi connectivity index (χ2n) is 23.6. The number of rotatable bonds is 36. The number of fused-ring (bicyclic) bond motifs is 8. The van der Waals surface area contributed by atoms with Crippen molar-refractivity contribution in [1.82, 2.24) is 62.5 Å². The van der Waals surface area contributed by atoms with Gasteiger partial charge in [-0.05, 0) is 171 Å². The number of H-pyrrole nitrogens is 2. The fourth-order valence-electron chi connectivity index (χ4n) is 10.9. The summed E-state index contributed by atoms with van der Waals surface area (Å²) >= 11 is 0. The standard InChI is InChI=1S/C76H94N12O8/c1-5-9-41-77-73(89)81-45-13-49-93-57-25-17-53(18-26-57)69-61-33-35-63(85-61)70(54-19-27-58(28-20-54)94-50-14-46-82-74(90)78-42-10-6-2)65-37-39-67(87-65)72(56-23-31-60(32-24-56)96-52-16-48-84-76(92)80-44-12-8-4)68-40-38-66(88-68)71(64-36-34-62(69)86-64)55-21-29-59(30-22-55)95-51-15-47-83-75(91)79-43-11-7-3/h17-40,85,88H,5-16,41-52H2,1-4H3,(H2,77,81,89)(H2,78,82,90)(H2,79,83,91)(H2,80,84,92). The van der Waals surface area contributed by atoms with E-state index in [0.717, 1.165) is 141 Å². The van der Waals surface area contributed by atoms with Gasteiger partial charge >= 0.3 is 24.1 Å². The Balaban J connectivity index is 1.11. The zero-order chi connectivity index (χ0) is 67.1. The van der Waals surface area contributed by atoms with Gasteiger partial charge in [-0.25, -0.2) is 29.1 Å². The smallest absolute Gasteiger partial charge is 0.314 e. The second kappa shape index (κ2) is 37.6. The summed E-state index contributed by atoms with van der Waals surface area (Å²) in [4.78, 5) is 67.8. The van der Waals surface area contributed by atoms with Gasteiger partial charge in [-0.2, -0.15) is 0 Å². The number of hydrogen-bond acceptors (Lipinski definition) is 10. The van der Waals surface area contributed by atoms with Gasteiger partial charge in [-0.3, -0.25) is 0 Å². The fraction of sp³-hybridized carbons (Fsp3) is 0.368. The maximum atomic E-state index is 12.3. The zero-order valence-electron chi connectivity index (χ0n) is 56.0. The van der Waals surface area contributed by atoms with Crippen molar-refractivity contribution in [2.45, 2.75) is 105 Å². The van der Waals surface area contributed by atoms with E-state index in [1.165, 1.54) is 0 Å². The van der Waals surface area contributed by atoms with Crippen LogP contribution in [0.5, 0.6) is 23.0 Å². The summed E-state index contributed by atoms with van der Waals surface area (Å²) in [6, 6.07) is 39.8. The topological polar surface area (TPSA) is 259 Å². The van der Waals surface area contributed by atoms with Gasteiger partial charge in [0.25, 0.3) is 0 Å². The molecule has 20 nitrogen and oxygen atoms in total. The van der Waals surface area contributed by atoms with Crippen LogP contribution in [0.4, 0.5) is 19.2 Å². The molecule has 8 amide bonds. The Kier molecular flexibility index (Phi) is 27.4. The molecule has 3 aromatic heterocycles. The van der Waals surface area contributed by atoms with Crippen molar-refractivity contribution in [2.24, 2.45) is 0 Å². The Hall–Kier alpha value is -10.2. The molecule has 9 rings (SSSR count). The number of amides is 8. The molecule has 0 saturated carbocycles. The molecule has 0 radical (unpaired) electrons. The van der Waals surface area contributed by atoms with E-state index in [4.69, 9.17) is 28.9 Å². The van der Waals surface area contributed by atoms with Crippen LogP contribution >= 0.6 is 0 Å². The molecule has 8 bridgehead atoms. The minimum Gasteiger partial charge on any atom is -0.494 e. The molecule has 20 heteroatoms. The van der Waals surface area contributed by atoms with E-state index in [1.807, 2.05) is 48.5 Å². The number of urea groups is 4. The summed E-state index contributed by atoms with van der Waals surface area (Å²) in [7, 11) is 0. The number of aromatic amines is 2. The van der Waals surface area contributed by atoms with Crippen LogP contribution in [0.15, 0.2) is 121 Å². The molecule has 2 aliphatic heterocycles. The van der Waals surface area contributed by atoms with Crippen molar-refractivity contribution in [1.29, 1.82) is 0 Å². The van der Waals surface area contributed by atoms with Gasteiger partial charge in [0, 0.05) is 96.7 Å². The lowest BCUT2D eigenvalue weighted by molar-refractivity contribution is 0.238. The lowest BCUT2D eigenvalue weighted by Gasteiger charge is -2.11. The number of aromatic nitrogens is 4. The number of carbonyl (C=O) groups excluding carboxylic acids is 4. The van der Waals surface area contributed by atoms with Gasteiger partial charge < -0.3 is 71.4 Å². The van der Waals surface area contributed by atoms with Crippen LogP contribution in [-0.4, -0.2) is 123 Å². The van der Waals surface area contributed by atoms with E-state index < -0.39 is 0 Å². The Morgan fingerprint density at radius 1 is 0.292 bits per heavy atom. The quantitative estimate of drug-likeness (QED) is 0.0166. The van der Waals surface area contributed by atoms with E-state index in [1.54, 1.807) is 0 Å². The van der Waals surface area contributed by atoms with Crippen LogP contribution in [0.3, 0.4) is 0 Å². The number of carbonyl (C=O) groups is 4. The first-order valence-electron chi connectivity index (χ1n) is 34.3. The van der Waals surface area contributed by atoms with Crippen LogP contribution in [0.25, 0.3) is 90.9 Å². The first-order valence-corrected chi connectivity index (χ1v) is 34.3. The average molecular weight is 1300 g/mol. The lowest BCUT2D eigenvalue weighted by atomic mass is 10.0. The predicted octanol–water partition coefficient (Wildman–Crippen LogP) is 14.8. The minimum atomic E-state index is -0.172. The fourth-order valence-corrected chi connectivity index (χ4v) is 10.9. The van der Waals surface area contributed by atoms with Gasteiger partial charge in [0.2, 0.25) is 0 Å².